The van der Waals surface area contributed by atoms with Crippen LogP contribution >= 0.6 is 0 Å². The summed E-state index contributed by atoms with van der Waals surface area (Å²) in [5.41, 5.74) is 2.77. The van der Waals surface area contributed by atoms with Crippen LogP contribution in [0.2, 0.25) is 0 Å². The minimum atomic E-state index is 0.0901. The number of nitrogens with one attached hydrogen (secondary N) is 1. The second kappa shape index (κ2) is 6.96. The van der Waals surface area contributed by atoms with Gasteiger partial charge in [-0.25, -0.2) is 0 Å². The van der Waals surface area contributed by atoms with E-state index >= 15 is 0 Å². The molecule has 2 heterocycles. The lowest BCUT2D eigenvalue weighted by Gasteiger charge is -2.34. The summed E-state index contributed by atoms with van der Waals surface area (Å²) in [5, 5.41) is 7.94. The van der Waals surface area contributed by atoms with Crippen molar-refractivity contribution in [3.63, 3.8) is 0 Å². The van der Waals surface area contributed by atoms with Crippen LogP contribution in [0.4, 0.5) is 0 Å². The van der Waals surface area contributed by atoms with Gasteiger partial charge in [0.15, 0.2) is 0 Å². The van der Waals surface area contributed by atoms with E-state index in [0.29, 0.717) is 6.54 Å². The number of piperazine rings is 1. The van der Waals surface area contributed by atoms with Gasteiger partial charge < -0.3 is 10.2 Å². The molecule has 1 aromatic heterocycles. The highest BCUT2D eigenvalue weighted by molar-refractivity contribution is 5.95. The first-order valence-corrected chi connectivity index (χ1v) is 8.30. The molecule has 0 radical (unpaired) electrons. The average Bonchev–Trinajstić information content (AvgIpc) is 2.96. The minimum Gasteiger partial charge on any atom is -0.335 e. The number of amides is 1. The van der Waals surface area contributed by atoms with E-state index in [1.165, 1.54) is 5.56 Å². The third-order valence-corrected chi connectivity index (χ3v) is 4.29. The van der Waals surface area contributed by atoms with Crippen LogP contribution in [0.1, 0.15) is 41.0 Å². The molecule has 1 aliphatic rings. The number of carbonyl (C=O) groups excluding carboxylic acids is 1. The van der Waals surface area contributed by atoms with E-state index in [1.807, 2.05) is 40.9 Å². The van der Waals surface area contributed by atoms with E-state index in [1.54, 1.807) is 0 Å². The van der Waals surface area contributed by atoms with Gasteiger partial charge in [0.25, 0.3) is 5.91 Å². The van der Waals surface area contributed by atoms with Crippen LogP contribution in [-0.2, 0) is 6.54 Å². The highest BCUT2D eigenvalue weighted by Crippen LogP contribution is 2.19. The molecule has 122 valence electrons. The van der Waals surface area contributed by atoms with Crippen LogP contribution in [0.25, 0.3) is 0 Å². The zero-order valence-electron chi connectivity index (χ0n) is 13.8. The molecule has 1 N–H and O–H groups in total. The van der Waals surface area contributed by atoms with Crippen LogP contribution < -0.4 is 5.32 Å². The fraction of sp³-hybridized carbons (Fsp3) is 0.444. The molecule has 1 fully saturated rings. The predicted molar refractivity (Wildman–Crippen MR) is 90.3 cm³/mol. The first-order valence-electron chi connectivity index (χ1n) is 8.30. The Hall–Kier alpha value is -2.14. The Labute approximate surface area is 137 Å². The number of benzene rings is 1. The standard InChI is InChI=1S/C18H24N4O/c1-3-10-22-12-16(14(2)20-22)18(23)21-11-9-19-17(13-21)15-7-5-4-6-8-15/h4-8,12,17,19H,3,9-11,13H2,1-2H3. The molecule has 1 unspecified atom stereocenters. The maximum atomic E-state index is 12.9. The number of aryl methyl sites for hydroxylation is 2. The van der Waals surface area contributed by atoms with Gasteiger partial charge in [0.2, 0.25) is 0 Å². The largest absolute Gasteiger partial charge is 0.335 e. The topological polar surface area (TPSA) is 50.2 Å². The quantitative estimate of drug-likeness (QED) is 0.943. The van der Waals surface area contributed by atoms with Crippen LogP contribution in [0.3, 0.4) is 0 Å². The molecule has 0 saturated carbocycles. The van der Waals surface area contributed by atoms with Gasteiger partial charge in [0.1, 0.15) is 0 Å². The Kier molecular flexibility index (Phi) is 4.76. The Bertz CT molecular complexity index is 665. The Balaban J connectivity index is 1.74. The van der Waals surface area contributed by atoms with Gasteiger partial charge in [-0.05, 0) is 18.9 Å². The third-order valence-electron chi connectivity index (χ3n) is 4.29. The third kappa shape index (κ3) is 3.45. The molecule has 1 aromatic carbocycles. The Morgan fingerprint density at radius 2 is 2.13 bits per heavy atom. The monoisotopic (exact) mass is 312 g/mol. The molecule has 0 bridgehead atoms. The smallest absolute Gasteiger partial charge is 0.257 e. The van der Waals surface area contributed by atoms with Crippen molar-refractivity contribution in [2.24, 2.45) is 0 Å². The summed E-state index contributed by atoms with van der Waals surface area (Å²) in [5.74, 6) is 0.0901. The summed E-state index contributed by atoms with van der Waals surface area (Å²) < 4.78 is 1.87. The predicted octanol–water partition coefficient (Wildman–Crippen LogP) is 2.39. The fourth-order valence-corrected chi connectivity index (χ4v) is 3.08. The first-order chi connectivity index (χ1) is 11.2. The molecule has 1 atom stereocenters. The molecule has 23 heavy (non-hydrogen) atoms. The molecule has 3 rings (SSSR count). The van der Waals surface area contributed by atoms with Crippen molar-refractivity contribution in [1.82, 2.24) is 20.0 Å². The minimum absolute atomic E-state index is 0.0901. The molecular weight excluding hydrogens is 288 g/mol. The second-order valence-electron chi connectivity index (χ2n) is 6.06. The maximum absolute atomic E-state index is 12.9. The number of carbonyl (C=O) groups is 1. The van der Waals surface area contributed by atoms with Gasteiger partial charge in [-0.2, -0.15) is 5.10 Å². The lowest BCUT2D eigenvalue weighted by molar-refractivity contribution is 0.0702. The van der Waals surface area contributed by atoms with Crippen molar-refractivity contribution in [3.8, 4) is 0 Å². The van der Waals surface area contributed by atoms with Crippen molar-refractivity contribution < 1.29 is 4.79 Å². The van der Waals surface area contributed by atoms with Crippen molar-refractivity contribution in [2.75, 3.05) is 19.6 Å². The van der Waals surface area contributed by atoms with Gasteiger partial charge >= 0.3 is 0 Å². The summed E-state index contributed by atoms with van der Waals surface area (Å²) in [6, 6.07) is 10.5. The number of rotatable bonds is 4. The zero-order chi connectivity index (χ0) is 16.2. The highest BCUT2D eigenvalue weighted by atomic mass is 16.2. The van der Waals surface area contributed by atoms with Crippen LogP contribution in [-0.4, -0.2) is 40.2 Å². The molecule has 1 amide bonds. The number of aromatic nitrogens is 2. The van der Waals surface area contributed by atoms with Crippen molar-refractivity contribution in [1.29, 1.82) is 0 Å². The molecular formula is C18H24N4O. The summed E-state index contributed by atoms with van der Waals surface area (Å²) >= 11 is 0. The Morgan fingerprint density at radius 1 is 1.35 bits per heavy atom. The highest BCUT2D eigenvalue weighted by Gasteiger charge is 2.26. The zero-order valence-corrected chi connectivity index (χ0v) is 13.8. The van der Waals surface area contributed by atoms with E-state index in [-0.39, 0.29) is 11.9 Å². The number of hydrogen-bond donors (Lipinski definition) is 1. The van der Waals surface area contributed by atoms with Crippen LogP contribution in [0, 0.1) is 6.92 Å². The lowest BCUT2D eigenvalue weighted by Crippen LogP contribution is -2.48. The van der Waals surface area contributed by atoms with E-state index in [4.69, 9.17) is 0 Å². The normalized spacial score (nSPS) is 18.2. The van der Waals surface area contributed by atoms with Gasteiger partial charge in [-0.1, -0.05) is 37.3 Å². The van der Waals surface area contributed by atoms with E-state index in [9.17, 15) is 4.79 Å². The number of nitrogens with zero attached hydrogens (tertiary/aromatic N) is 3. The second-order valence-corrected chi connectivity index (χ2v) is 6.06. The molecule has 0 aliphatic carbocycles. The van der Waals surface area contributed by atoms with Gasteiger partial charge in [0.05, 0.1) is 11.3 Å². The van der Waals surface area contributed by atoms with Gasteiger partial charge in [-0.3, -0.25) is 9.48 Å². The van der Waals surface area contributed by atoms with Crippen molar-refractivity contribution in [2.45, 2.75) is 32.9 Å². The summed E-state index contributed by atoms with van der Waals surface area (Å²) in [4.78, 5) is 14.8. The van der Waals surface area contributed by atoms with E-state index in [2.05, 4.69) is 29.5 Å². The molecule has 5 heteroatoms. The number of hydrogen-bond acceptors (Lipinski definition) is 3. The van der Waals surface area contributed by atoms with Crippen molar-refractivity contribution >= 4 is 5.91 Å². The summed E-state index contributed by atoms with van der Waals surface area (Å²) in [6.45, 7) is 7.12. The first kappa shape index (κ1) is 15.7. The van der Waals surface area contributed by atoms with Crippen LogP contribution in [0.5, 0.6) is 0 Å². The van der Waals surface area contributed by atoms with E-state index in [0.717, 1.165) is 37.3 Å². The SMILES string of the molecule is CCCn1cc(C(=O)N2CCNC(c3ccccc3)C2)c(C)n1. The summed E-state index contributed by atoms with van der Waals surface area (Å²) in [7, 11) is 0. The Morgan fingerprint density at radius 3 is 2.87 bits per heavy atom. The lowest BCUT2D eigenvalue weighted by atomic mass is 10.0. The molecule has 1 saturated heterocycles. The maximum Gasteiger partial charge on any atom is 0.257 e. The van der Waals surface area contributed by atoms with Crippen LogP contribution in [0.15, 0.2) is 36.5 Å². The van der Waals surface area contributed by atoms with Crippen molar-refractivity contribution in [3.05, 3.63) is 53.3 Å². The molecule has 2 aromatic rings. The summed E-state index contributed by atoms with van der Waals surface area (Å²) in [6.07, 6.45) is 2.90. The van der Waals surface area contributed by atoms with E-state index < -0.39 is 0 Å². The molecule has 5 nitrogen and oxygen atoms in total. The van der Waals surface area contributed by atoms with Gasteiger partial charge in [0, 0.05) is 38.4 Å². The fourth-order valence-electron chi connectivity index (χ4n) is 3.08. The molecule has 0 spiro atoms. The van der Waals surface area contributed by atoms with Gasteiger partial charge in [-0.15, -0.1) is 0 Å². The molecule has 1 aliphatic heterocycles. The average molecular weight is 312 g/mol.